The lowest BCUT2D eigenvalue weighted by Crippen LogP contribution is -2.36. The van der Waals surface area contributed by atoms with E-state index in [2.05, 4.69) is 15.6 Å². The number of aromatic nitrogens is 1. The third-order valence-corrected chi connectivity index (χ3v) is 3.12. The summed E-state index contributed by atoms with van der Waals surface area (Å²) < 4.78 is 0. The SMILES string of the molecule is O=C(CNC(=O)c1ccsc1)NCc1ccncc1. The second-order valence-corrected chi connectivity index (χ2v) is 4.61. The fourth-order valence-corrected chi connectivity index (χ4v) is 2.06. The molecule has 2 rings (SSSR count). The molecule has 2 N–H and O–H groups in total. The fourth-order valence-electron chi connectivity index (χ4n) is 1.42. The Morgan fingerprint density at radius 1 is 1.16 bits per heavy atom. The third-order valence-electron chi connectivity index (χ3n) is 2.43. The molecule has 2 aromatic heterocycles. The van der Waals surface area contributed by atoms with Crippen molar-refractivity contribution >= 4 is 23.2 Å². The van der Waals surface area contributed by atoms with Gasteiger partial charge in [-0.05, 0) is 29.1 Å². The van der Waals surface area contributed by atoms with E-state index in [0.29, 0.717) is 12.1 Å². The highest BCUT2D eigenvalue weighted by atomic mass is 32.1. The van der Waals surface area contributed by atoms with Gasteiger partial charge in [-0.1, -0.05) is 0 Å². The zero-order valence-corrected chi connectivity index (χ0v) is 10.9. The fraction of sp³-hybridized carbons (Fsp3) is 0.154. The lowest BCUT2D eigenvalue weighted by atomic mass is 10.3. The molecule has 6 heteroatoms. The molecule has 0 aliphatic rings. The second-order valence-electron chi connectivity index (χ2n) is 3.83. The molecular weight excluding hydrogens is 262 g/mol. The molecule has 98 valence electrons. The molecule has 0 saturated heterocycles. The average molecular weight is 275 g/mol. The van der Waals surface area contributed by atoms with Gasteiger partial charge in [0.25, 0.3) is 5.91 Å². The van der Waals surface area contributed by atoms with Crippen molar-refractivity contribution in [3.05, 3.63) is 52.5 Å². The van der Waals surface area contributed by atoms with Crippen molar-refractivity contribution < 1.29 is 9.59 Å². The molecule has 0 aromatic carbocycles. The number of pyridine rings is 1. The van der Waals surface area contributed by atoms with Crippen molar-refractivity contribution in [1.82, 2.24) is 15.6 Å². The Kier molecular flexibility index (Phi) is 4.63. The molecule has 0 fully saturated rings. The number of nitrogens with zero attached hydrogens (tertiary/aromatic N) is 1. The van der Waals surface area contributed by atoms with Gasteiger partial charge in [0.15, 0.2) is 0 Å². The first-order valence-electron chi connectivity index (χ1n) is 5.71. The van der Waals surface area contributed by atoms with Gasteiger partial charge in [0.05, 0.1) is 6.54 Å². The predicted molar refractivity (Wildman–Crippen MR) is 72.7 cm³/mol. The van der Waals surface area contributed by atoms with Crippen LogP contribution in [0.4, 0.5) is 0 Å². The van der Waals surface area contributed by atoms with E-state index in [1.165, 1.54) is 11.3 Å². The lowest BCUT2D eigenvalue weighted by Gasteiger charge is -2.06. The molecule has 2 aromatic rings. The van der Waals surface area contributed by atoms with Gasteiger partial charge < -0.3 is 10.6 Å². The number of amides is 2. The molecule has 0 atom stereocenters. The number of thiophene rings is 1. The molecular formula is C13H13N3O2S. The Bertz CT molecular complexity index is 540. The highest BCUT2D eigenvalue weighted by Crippen LogP contribution is 2.04. The molecule has 0 bridgehead atoms. The highest BCUT2D eigenvalue weighted by molar-refractivity contribution is 7.08. The monoisotopic (exact) mass is 275 g/mol. The van der Waals surface area contributed by atoms with Gasteiger partial charge in [-0.2, -0.15) is 11.3 Å². The van der Waals surface area contributed by atoms with Gasteiger partial charge in [0, 0.05) is 29.9 Å². The molecule has 0 spiro atoms. The summed E-state index contributed by atoms with van der Waals surface area (Å²) in [6.07, 6.45) is 3.33. The van der Waals surface area contributed by atoms with Crippen molar-refractivity contribution in [1.29, 1.82) is 0 Å². The highest BCUT2D eigenvalue weighted by Gasteiger charge is 2.07. The van der Waals surface area contributed by atoms with Crippen LogP contribution in [0.1, 0.15) is 15.9 Å². The van der Waals surface area contributed by atoms with E-state index in [9.17, 15) is 9.59 Å². The number of rotatable bonds is 5. The largest absolute Gasteiger partial charge is 0.350 e. The van der Waals surface area contributed by atoms with Crippen LogP contribution < -0.4 is 10.6 Å². The van der Waals surface area contributed by atoms with E-state index in [-0.39, 0.29) is 18.4 Å². The molecule has 0 unspecified atom stereocenters. The summed E-state index contributed by atoms with van der Waals surface area (Å²) in [4.78, 5) is 27.0. The zero-order valence-electron chi connectivity index (χ0n) is 10.1. The molecule has 0 radical (unpaired) electrons. The minimum Gasteiger partial charge on any atom is -0.350 e. The van der Waals surface area contributed by atoms with Crippen molar-refractivity contribution in [2.75, 3.05) is 6.54 Å². The Morgan fingerprint density at radius 2 is 1.95 bits per heavy atom. The summed E-state index contributed by atoms with van der Waals surface area (Å²) in [5.41, 5.74) is 1.54. The maximum absolute atomic E-state index is 11.6. The van der Waals surface area contributed by atoms with Gasteiger partial charge in [-0.3, -0.25) is 14.6 Å². The van der Waals surface area contributed by atoms with Gasteiger partial charge in [-0.25, -0.2) is 0 Å². The van der Waals surface area contributed by atoms with Gasteiger partial charge in [0.2, 0.25) is 5.91 Å². The van der Waals surface area contributed by atoms with Crippen LogP contribution in [-0.4, -0.2) is 23.3 Å². The quantitative estimate of drug-likeness (QED) is 0.861. The zero-order chi connectivity index (χ0) is 13.5. The third kappa shape index (κ3) is 4.18. The summed E-state index contributed by atoms with van der Waals surface area (Å²) >= 11 is 1.44. The van der Waals surface area contributed by atoms with Crippen LogP contribution in [0.2, 0.25) is 0 Å². The minimum atomic E-state index is -0.236. The van der Waals surface area contributed by atoms with Gasteiger partial charge in [-0.15, -0.1) is 0 Å². The minimum absolute atomic E-state index is 0.0280. The van der Waals surface area contributed by atoms with Crippen molar-refractivity contribution in [2.24, 2.45) is 0 Å². The lowest BCUT2D eigenvalue weighted by molar-refractivity contribution is -0.120. The van der Waals surface area contributed by atoms with Crippen LogP contribution in [0.15, 0.2) is 41.4 Å². The van der Waals surface area contributed by atoms with Gasteiger partial charge in [0.1, 0.15) is 0 Å². The first-order chi connectivity index (χ1) is 9.25. The Morgan fingerprint density at radius 3 is 2.63 bits per heavy atom. The van der Waals surface area contributed by atoms with Crippen LogP contribution >= 0.6 is 11.3 Å². The first-order valence-corrected chi connectivity index (χ1v) is 6.66. The molecule has 0 aliphatic heterocycles. The predicted octanol–water partition coefficient (Wildman–Crippen LogP) is 1.19. The molecule has 19 heavy (non-hydrogen) atoms. The van der Waals surface area contributed by atoms with Crippen molar-refractivity contribution in [3.63, 3.8) is 0 Å². The Hall–Kier alpha value is -2.21. The van der Waals surface area contributed by atoms with Crippen molar-refractivity contribution in [2.45, 2.75) is 6.54 Å². The molecule has 2 heterocycles. The van der Waals surface area contributed by atoms with E-state index in [0.717, 1.165) is 5.56 Å². The van der Waals surface area contributed by atoms with E-state index in [4.69, 9.17) is 0 Å². The first kappa shape index (κ1) is 13.2. The molecule has 0 saturated carbocycles. The number of hydrogen-bond acceptors (Lipinski definition) is 4. The number of carbonyl (C=O) groups excluding carboxylic acids is 2. The normalized spacial score (nSPS) is 9.89. The Balaban J connectivity index is 1.72. The van der Waals surface area contributed by atoms with Crippen LogP contribution in [0.25, 0.3) is 0 Å². The maximum Gasteiger partial charge on any atom is 0.252 e. The second kappa shape index (κ2) is 6.65. The smallest absolute Gasteiger partial charge is 0.252 e. The average Bonchev–Trinajstić information content (AvgIpc) is 2.98. The van der Waals surface area contributed by atoms with Crippen molar-refractivity contribution in [3.8, 4) is 0 Å². The standard InChI is InChI=1S/C13H13N3O2S/c17-12(15-7-10-1-4-14-5-2-10)8-16-13(18)11-3-6-19-9-11/h1-6,9H,7-8H2,(H,15,17)(H,16,18). The van der Waals surface area contributed by atoms with E-state index < -0.39 is 0 Å². The summed E-state index contributed by atoms with van der Waals surface area (Å²) in [7, 11) is 0. The van der Waals surface area contributed by atoms with E-state index in [1.54, 1.807) is 23.8 Å². The maximum atomic E-state index is 11.6. The summed E-state index contributed by atoms with van der Waals surface area (Å²) in [6.45, 7) is 0.398. The van der Waals surface area contributed by atoms with Crippen LogP contribution in [0.3, 0.4) is 0 Å². The van der Waals surface area contributed by atoms with Crippen LogP contribution in [0.5, 0.6) is 0 Å². The Labute approximate surface area is 114 Å². The molecule has 2 amide bonds. The molecule has 0 aliphatic carbocycles. The molecule has 5 nitrogen and oxygen atoms in total. The van der Waals surface area contributed by atoms with Crippen LogP contribution in [0, 0.1) is 0 Å². The number of hydrogen-bond donors (Lipinski definition) is 2. The number of carbonyl (C=O) groups is 2. The van der Waals surface area contributed by atoms with E-state index in [1.807, 2.05) is 17.5 Å². The summed E-state index contributed by atoms with van der Waals surface area (Å²) in [6, 6.07) is 5.36. The summed E-state index contributed by atoms with van der Waals surface area (Å²) in [5.74, 6) is -0.458. The topological polar surface area (TPSA) is 71.1 Å². The van der Waals surface area contributed by atoms with E-state index >= 15 is 0 Å². The van der Waals surface area contributed by atoms with Gasteiger partial charge >= 0.3 is 0 Å². The number of nitrogens with one attached hydrogen (secondary N) is 2. The van der Waals surface area contributed by atoms with Crippen LogP contribution in [-0.2, 0) is 11.3 Å². The summed E-state index contributed by atoms with van der Waals surface area (Å²) in [5, 5.41) is 8.84.